The summed E-state index contributed by atoms with van der Waals surface area (Å²) in [4.78, 5) is 27.1. The highest BCUT2D eigenvalue weighted by molar-refractivity contribution is 7.99. The third-order valence-corrected chi connectivity index (χ3v) is 5.15. The molecule has 0 saturated carbocycles. The molecule has 7 nitrogen and oxygen atoms in total. The van der Waals surface area contributed by atoms with E-state index >= 15 is 0 Å². The highest BCUT2D eigenvalue weighted by atomic mass is 32.2. The van der Waals surface area contributed by atoms with Crippen LogP contribution in [0.25, 0.3) is 0 Å². The third kappa shape index (κ3) is 5.62. The Morgan fingerprint density at radius 1 is 1.46 bits per heavy atom. The van der Waals surface area contributed by atoms with E-state index in [0.29, 0.717) is 18.8 Å². The summed E-state index contributed by atoms with van der Waals surface area (Å²) in [7, 11) is 3.83. The minimum Gasteiger partial charge on any atom is -0.392 e. The van der Waals surface area contributed by atoms with E-state index in [0.717, 1.165) is 10.6 Å². The SMILES string of the molecule is [CH2]N1C(=O)[C@H](NC(=O)NCC(C)(C)NC[C@@H](C)O)CSc2ccccc21. The first-order chi connectivity index (χ1) is 12.2. The molecule has 0 saturated heterocycles. The summed E-state index contributed by atoms with van der Waals surface area (Å²) >= 11 is 1.52. The summed E-state index contributed by atoms with van der Waals surface area (Å²) in [5, 5.41) is 18.0. The maximum atomic E-state index is 12.6. The van der Waals surface area contributed by atoms with Gasteiger partial charge in [0.15, 0.2) is 0 Å². The summed E-state index contributed by atoms with van der Waals surface area (Å²) in [5.74, 6) is 0.197. The molecule has 2 atom stereocenters. The molecule has 2 rings (SSSR count). The van der Waals surface area contributed by atoms with E-state index < -0.39 is 18.2 Å². The van der Waals surface area contributed by atoms with Gasteiger partial charge in [-0.05, 0) is 32.9 Å². The van der Waals surface area contributed by atoms with Gasteiger partial charge in [0.1, 0.15) is 6.04 Å². The minimum atomic E-state index is -0.654. The van der Waals surface area contributed by atoms with Gasteiger partial charge in [-0.25, -0.2) is 4.79 Å². The molecule has 8 heteroatoms. The largest absolute Gasteiger partial charge is 0.392 e. The van der Waals surface area contributed by atoms with Crippen molar-refractivity contribution in [1.29, 1.82) is 0 Å². The molecule has 1 aliphatic rings. The van der Waals surface area contributed by atoms with Gasteiger partial charge in [0, 0.05) is 36.3 Å². The summed E-state index contributed by atoms with van der Waals surface area (Å²) in [5.41, 5.74) is 0.362. The fraction of sp³-hybridized carbons (Fsp3) is 0.500. The van der Waals surface area contributed by atoms with Gasteiger partial charge in [0.25, 0.3) is 5.91 Å². The second-order valence-corrected chi connectivity index (χ2v) is 8.10. The number of rotatable bonds is 6. The van der Waals surface area contributed by atoms with Crippen LogP contribution in [-0.4, -0.2) is 53.6 Å². The molecular weight excluding hydrogens is 352 g/mol. The molecule has 1 aromatic rings. The van der Waals surface area contributed by atoms with Crippen LogP contribution < -0.4 is 20.9 Å². The van der Waals surface area contributed by atoms with Gasteiger partial charge >= 0.3 is 6.03 Å². The number of nitrogens with zero attached hydrogens (tertiary/aromatic N) is 1. The van der Waals surface area contributed by atoms with Crippen molar-refractivity contribution in [3.05, 3.63) is 31.3 Å². The van der Waals surface area contributed by atoms with Crippen molar-refractivity contribution >= 4 is 29.4 Å². The number of nitrogens with one attached hydrogen (secondary N) is 3. The van der Waals surface area contributed by atoms with E-state index in [2.05, 4.69) is 23.0 Å². The number of aliphatic hydroxyl groups is 1. The lowest BCUT2D eigenvalue weighted by molar-refractivity contribution is -0.119. The normalized spacial score (nSPS) is 18.7. The standard InChI is InChI=1S/C18H27N4O3S/c1-12(23)9-20-18(2,3)11-19-17(25)21-13-10-26-15-8-6-5-7-14(15)22(4)16(13)24/h5-8,12-13,20,23H,4,9-11H2,1-3H3,(H2,19,21,25)/t12-,13-/m1/s1. The number of benzene rings is 1. The molecule has 1 aliphatic heterocycles. The van der Waals surface area contributed by atoms with Crippen molar-refractivity contribution in [3.63, 3.8) is 0 Å². The Labute approximate surface area is 158 Å². The number of amides is 3. The van der Waals surface area contributed by atoms with Gasteiger partial charge in [0.2, 0.25) is 0 Å². The lowest BCUT2D eigenvalue weighted by atomic mass is 10.1. The lowest BCUT2D eigenvalue weighted by Crippen LogP contribution is -2.55. The maximum Gasteiger partial charge on any atom is 0.315 e. The van der Waals surface area contributed by atoms with Crippen LogP contribution in [0, 0.1) is 7.05 Å². The second kappa shape index (κ2) is 8.75. The number of aliphatic hydroxyl groups excluding tert-OH is 1. The van der Waals surface area contributed by atoms with Crippen molar-refractivity contribution in [2.45, 2.75) is 43.4 Å². The quantitative estimate of drug-likeness (QED) is 0.598. The van der Waals surface area contributed by atoms with E-state index in [1.54, 1.807) is 6.92 Å². The number of thioether (sulfide) groups is 1. The predicted molar refractivity (Wildman–Crippen MR) is 104 cm³/mol. The average molecular weight is 380 g/mol. The summed E-state index contributed by atoms with van der Waals surface area (Å²) in [6, 6.07) is 6.48. The van der Waals surface area contributed by atoms with Gasteiger partial charge in [-0.15, -0.1) is 11.8 Å². The molecule has 0 spiro atoms. The van der Waals surface area contributed by atoms with Gasteiger partial charge in [-0.3, -0.25) is 4.79 Å². The first kappa shape index (κ1) is 20.5. The number of hydrogen-bond acceptors (Lipinski definition) is 5. The number of anilines is 1. The van der Waals surface area contributed by atoms with Crippen molar-refractivity contribution in [3.8, 4) is 0 Å². The van der Waals surface area contributed by atoms with Crippen LogP contribution in [0.15, 0.2) is 29.2 Å². The minimum absolute atomic E-state index is 0.246. The predicted octanol–water partition coefficient (Wildman–Crippen LogP) is 1.33. The third-order valence-electron chi connectivity index (χ3n) is 4.00. The summed E-state index contributed by atoms with van der Waals surface area (Å²) < 4.78 is 0. The topological polar surface area (TPSA) is 93.7 Å². The molecule has 26 heavy (non-hydrogen) atoms. The Hall–Kier alpha value is -1.77. The monoisotopic (exact) mass is 379 g/mol. The highest BCUT2D eigenvalue weighted by Crippen LogP contribution is 2.33. The number of β-amino-alcohol motifs (C(OH)–C–C–N with tert-alkyl or cyclic N) is 1. The number of carbonyl (C=O) groups is 2. The molecule has 143 valence electrons. The van der Waals surface area contributed by atoms with Crippen LogP contribution in [0.2, 0.25) is 0 Å². The number of hydrogen-bond donors (Lipinski definition) is 4. The summed E-state index contributed by atoms with van der Waals surface area (Å²) in [6.45, 7) is 6.34. The molecule has 0 aliphatic carbocycles. The van der Waals surface area contributed by atoms with Crippen molar-refractivity contribution in [2.24, 2.45) is 0 Å². The van der Waals surface area contributed by atoms with Crippen LogP contribution in [-0.2, 0) is 4.79 Å². The molecule has 4 N–H and O–H groups in total. The first-order valence-electron chi connectivity index (χ1n) is 8.53. The average Bonchev–Trinajstić information content (AvgIpc) is 2.71. The molecule has 0 aromatic heterocycles. The van der Waals surface area contributed by atoms with Gasteiger partial charge in [0.05, 0.1) is 11.8 Å². The number of para-hydroxylation sites is 1. The number of carbonyl (C=O) groups excluding carboxylic acids is 2. The molecule has 1 heterocycles. The second-order valence-electron chi connectivity index (χ2n) is 7.04. The Morgan fingerprint density at radius 3 is 2.85 bits per heavy atom. The van der Waals surface area contributed by atoms with E-state index in [1.807, 2.05) is 38.1 Å². The molecular formula is C18H27N4O3S. The van der Waals surface area contributed by atoms with E-state index in [4.69, 9.17) is 0 Å². The smallest absolute Gasteiger partial charge is 0.315 e. The molecule has 3 amide bonds. The maximum absolute atomic E-state index is 12.6. The van der Waals surface area contributed by atoms with Crippen molar-refractivity contribution in [1.82, 2.24) is 16.0 Å². The van der Waals surface area contributed by atoms with Gasteiger partial charge in [-0.2, -0.15) is 0 Å². The molecule has 0 fully saturated rings. The lowest BCUT2D eigenvalue weighted by Gasteiger charge is -2.28. The molecule has 0 unspecified atom stereocenters. The van der Waals surface area contributed by atoms with Crippen LogP contribution in [0.3, 0.4) is 0 Å². The summed E-state index contributed by atoms with van der Waals surface area (Å²) in [6.07, 6.45) is -0.464. The molecule has 1 aromatic carbocycles. The van der Waals surface area contributed by atoms with Crippen LogP contribution >= 0.6 is 11.8 Å². The number of urea groups is 1. The van der Waals surface area contributed by atoms with Crippen molar-refractivity contribution < 1.29 is 14.7 Å². The Kier molecular flexibility index (Phi) is 6.91. The van der Waals surface area contributed by atoms with Gasteiger partial charge < -0.3 is 26.0 Å². The fourth-order valence-corrected chi connectivity index (χ4v) is 3.53. The fourth-order valence-electron chi connectivity index (χ4n) is 2.45. The zero-order valence-corrected chi connectivity index (χ0v) is 16.2. The van der Waals surface area contributed by atoms with Crippen LogP contribution in [0.1, 0.15) is 20.8 Å². The van der Waals surface area contributed by atoms with E-state index in [9.17, 15) is 14.7 Å². The van der Waals surface area contributed by atoms with E-state index in [-0.39, 0.29) is 11.4 Å². The molecule has 1 radical (unpaired) electrons. The zero-order valence-electron chi connectivity index (χ0n) is 15.4. The Balaban J connectivity index is 1.90. The van der Waals surface area contributed by atoms with Crippen LogP contribution in [0.5, 0.6) is 0 Å². The molecule has 0 bridgehead atoms. The highest BCUT2D eigenvalue weighted by Gasteiger charge is 2.30. The Morgan fingerprint density at radius 2 is 2.15 bits per heavy atom. The van der Waals surface area contributed by atoms with Crippen LogP contribution in [0.4, 0.5) is 10.5 Å². The van der Waals surface area contributed by atoms with E-state index in [1.165, 1.54) is 16.7 Å². The van der Waals surface area contributed by atoms with Gasteiger partial charge in [-0.1, -0.05) is 12.1 Å². The number of fused-ring (bicyclic) bond motifs is 1. The van der Waals surface area contributed by atoms with Crippen molar-refractivity contribution in [2.75, 3.05) is 23.7 Å². The first-order valence-corrected chi connectivity index (χ1v) is 9.52. The zero-order chi connectivity index (χ0) is 19.3. The Bertz CT molecular complexity index is 651.